The monoisotopic (exact) mass is 452 g/mol. The molecule has 0 spiro atoms. The minimum atomic E-state index is -0.549. The van der Waals surface area contributed by atoms with Crippen LogP contribution in [0, 0.1) is 11.6 Å². The first-order valence-electron chi connectivity index (χ1n) is 9.53. The molecule has 0 saturated carbocycles. The molecule has 0 atom stereocenters. The van der Waals surface area contributed by atoms with E-state index in [4.69, 9.17) is 4.52 Å². The Kier molecular flexibility index (Phi) is 4.98. The van der Waals surface area contributed by atoms with Gasteiger partial charge in [0.15, 0.2) is 0 Å². The SMILES string of the molecule is O=c1c2sccc2n(Cc2nc(-c3ccc(F)cc3)no2)c(=O)n1Cc1ccc(F)cc1. The van der Waals surface area contributed by atoms with Crippen molar-refractivity contribution in [1.82, 2.24) is 19.3 Å². The number of hydrogen-bond acceptors (Lipinski definition) is 6. The van der Waals surface area contributed by atoms with Crippen molar-refractivity contribution in [3.63, 3.8) is 0 Å². The summed E-state index contributed by atoms with van der Waals surface area (Å²) in [5.41, 5.74) is 0.673. The molecule has 7 nitrogen and oxygen atoms in total. The summed E-state index contributed by atoms with van der Waals surface area (Å²) in [5, 5.41) is 5.62. The highest BCUT2D eigenvalue weighted by atomic mass is 32.1. The molecule has 3 aromatic heterocycles. The van der Waals surface area contributed by atoms with E-state index in [0.717, 1.165) is 4.57 Å². The number of aromatic nitrogens is 4. The molecule has 0 radical (unpaired) electrons. The number of rotatable bonds is 5. The smallest absolute Gasteiger partial charge is 0.332 e. The summed E-state index contributed by atoms with van der Waals surface area (Å²) in [4.78, 5) is 30.4. The molecule has 10 heteroatoms. The van der Waals surface area contributed by atoms with E-state index in [1.807, 2.05) is 0 Å². The average Bonchev–Trinajstić information content (AvgIpc) is 3.46. The largest absolute Gasteiger partial charge is 0.337 e. The summed E-state index contributed by atoms with van der Waals surface area (Å²) in [7, 11) is 0. The van der Waals surface area contributed by atoms with Crippen LogP contribution in [-0.4, -0.2) is 19.3 Å². The van der Waals surface area contributed by atoms with Crippen molar-refractivity contribution in [2.24, 2.45) is 0 Å². The van der Waals surface area contributed by atoms with Crippen molar-refractivity contribution in [3.05, 3.63) is 104 Å². The fourth-order valence-electron chi connectivity index (χ4n) is 3.37. The minimum Gasteiger partial charge on any atom is -0.337 e. The van der Waals surface area contributed by atoms with Gasteiger partial charge < -0.3 is 4.52 Å². The van der Waals surface area contributed by atoms with Crippen LogP contribution < -0.4 is 11.2 Å². The van der Waals surface area contributed by atoms with Gasteiger partial charge in [0.05, 0.1) is 12.1 Å². The van der Waals surface area contributed by atoms with Crippen molar-refractivity contribution in [1.29, 1.82) is 0 Å². The van der Waals surface area contributed by atoms with Crippen LogP contribution in [0.25, 0.3) is 21.6 Å². The molecule has 160 valence electrons. The molecule has 0 aliphatic rings. The minimum absolute atomic E-state index is 0.00352. The Hall–Kier alpha value is -3.92. The Morgan fingerprint density at radius 3 is 2.28 bits per heavy atom. The predicted molar refractivity (Wildman–Crippen MR) is 115 cm³/mol. The zero-order valence-electron chi connectivity index (χ0n) is 16.4. The molecule has 0 fully saturated rings. The van der Waals surface area contributed by atoms with E-state index in [2.05, 4.69) is 10.1 Å². The second-order valence-corrected chi connectivity index (χ2v) is 7.96. The zero-order chi connectivity index (χ0) is 22.2. The lowest BCUT2D eigenvalue weighted by atomic mass is 10.2. The third-order valence-corrected chi connectivity index (χ3v) is 5.85. The average molecular weight is 452 g/mol. The summed E-state index contributed by atoms with van der Waals surface area (Å²) in [5.74, 6) is -0.368. The van der Waals surface area contributed by atoms with Crippen LogP contribution in [0.15, 0.2) is 74.1 Å². The van der Waals surface area contributed by atoms with Crippen LogP contribution in [0.1, 0.15) is 11.5 Å². The number of thiophene rings is 1. The zero-order valence-corrected chi connectivity index (χ0v) is 17.2. The number of halogens is 2. The van der Waals surface area contributed by atoms with Gasteiger partial charge in [0, 0.05) is 5.56 Å². The first kappa shape index (κ1) is 20.0. The molecule has 5 aromatic rings. The van der Waals surface area contributed by atoms with Crippen LogP contribution in [0.5, 0.6) is 0 Å². The molecule has 0 aliphatic heterocycles. The van der Waals surface area contributed by atoms with Gasteiger partial charge in [-0.15, -0.1) is 11.3 Å². The Balaban J connectivity index is 1.55. The van der Waals surface area contributed by atoms with Crippen LogP contribution in [0.3, 0.4) is 0 Å². The Morgan fingerprint density at radius 2 is 1.56 bits per heavy atom. The number of nitrogens with zero attached hydrogens (tertiary/aromatic N) is 4. The molecule has 5 rings (SSSR count). The lowest BCUT2D eigenvalue weighted by molar-refractivity contribution is 0.369. The molecule has 0 N–H and O–H groups in total. The maximum atomic E-state index is 13.2. The summed E-state index contributed by atoms with van der Waals surface area (Å²) in [6, 6.07) is 12.9. The van der Waals surface area contributed by atoms with Gasteiger partial charge in [-0.25, -0.2) is 13.6 Å². The van der Waals surface area contributed by atoms with E-state index in [0.29, 0.717) is 21.3 Å². The summed E-state index contributed by atoms with van der Waals surface area (Å²) < 4.78 is 34.6. The van der Waals surface area contributed by atoms with Gasteiger partial charge in [-0.05, 0) is 53.4 Å². The van der Waals surface area contributed by atoms with Gasteiger partial charge >= 0.3 is 5.69 Å². The highest BCUT2D eigenvalue weighted by Gasteiger charge is 2.17. The van der Waals surface area contributed by atoms with Gasteiger partial charge in [-0.2, -0.15) is 4.98 Å². The van der Waals surface area contributed by atoms with Gasteiger partial charge in [0.1, 0.15) is 22.9 Å². The molecule has 0 aliphatic carbocycles. The van der Waals surface area contributed by atoms with Gasteiger partial charge in [-0.3, -0.25) is 13.9 Å². The van der Waals surface area contributed by atoms with Crippen LogP contribution in [0.2, 0.25) is 0 Å². The van der Waals surface area contributed by atoms with Crippen LogP contribution in [-0.2, 0) is 13.1 Å². The normalized spacial score (nSPS) is 11.3. The molecule has 0 bridgehead atoms. The molecule has 0 amide bonds. The molecule has 32 heavy (non-hydrogen) atoms. The molecule has 2 aromatic carbocycles. The van der Waals surface area contributed by atoms with Crippen molar-refractivity contribution in [2.45, 2.75) is 13.1 Å². The molecule has 0 saturated heterocycles. The number of hydrogen-bond donors (Lipinski definition) is 0. The first-order valence-corrected chi connectivity index (χ1v) is 10.4. The molecule has 3 heterocycles. The Bertz CT molecular complexity index is 1530. The van der Waals surface area contributed by atoms with E-state index in [1.54, 1.807) is 11.4 Å². The maximum Gasteiger partial charge on any atom is 0.332 e. The third kappa shape index (κ3) is 3.65. The predicted octanol–water partition coefficient (Wildman–Crippen LogP) is 3.65. The van der Waals surface area contributed by atoms with E-state index in [9.17, 15) is 18.4 Å². The number of benzene rings is 2. The van der Waals surface area contributed by atoms with Crippen molar-refractivity contribution in [3.8, 4) is 11.4 Å². The fourth-order valence-corrected chi connectivity index (χ4v) is 4.21. The van der Waals surface area contributed by atoms with Crippen LogP contribution >= 0.6 is 11.3 Å². The van der Waals surface area contributed by atoms with E-state index in [-0.39, 0.29) is 30.6 Å². The first-order chi connectivity index (χ1) is 15.5. The van der Waals surface area contributed by atoms with Gasteiger partial charge in [0.2, 0.25) is 11.7 Å². The Morgan fingerprint density at radius 1 is 0.875 bits per heavy atom. The second kappa shape index (κ2) is 7.97. The fraction of sp³-hybridized carbons (Fsp3) is 0.0909. The standard InChI is InChI=1S/C22H14F2N4O3S/c23-15-5-1-13(2-6-15)11-28-21(29)19-17(9-10-32-19)27(22(28)30)12-18-25-20(26-31-18)14-3-7-16(24)8-4-14/h1-10H,11-12H2. The Labute approximate surface area is 182 Å². The van der Waals surface area contributed by atoms with E-state index in [1.165, 1.54) is 64.4 Å². The third-order valence-electron chi connectivity index (χ3n) is 4.95. The topological polar surface area (TPSA) is 82.9 Å². The molecular formula is C22H14F2N4O3S. The summed E-state index contributed by atoms with van der Waals surface area (Å²) >= 11 is 1.22. The summed E-state index contributed by atoms with van der Waals surface area (Å²) in [6.45, 7) is -0.0552. The van der Waals surface area contributed by atoms with E-state index < -0.39 is 17.1 Å². The second-order valence-electron chi connectivity index (χ2n) is 7.04. The maximum absolute atomic E-state index is 13.2. The van der Waals surface area contributed by atoms with Gasteiger partial charge in [-0.1, -0.05) is 17.3 Å². The quantitative estimate of drug-likeness (QED) is 0.407. The molecular weight excluding hydrogens is 438 g/mol. The van der Waals surface area contributed by atoms with Crippen LogP contribution in [0.4, 0.5) is 8.78 Å². The highest BCUT2D eigenvalue weighted by Crippen LogP contribution is 2.19. The van der Waals surface area contributed by atoms with Crippen molar-refractivity contribution in [2.75, 3.05) is 0 Å². The van der Waals surface area contributed by atoms with Gasteiger partial charge in [0.25, 0.3) is 5.56 Å². The van der Waals surface area contributed by atoms with E-state index >= 15 is 0 Å². The molecule has 0 unspecified atom stereocenters. The highest BCUT2D eigenvalue weighted by molar-refractivity contribution is 7.17. The van der Waals surface area contributed by atoms with Crippen molar-refractivity contribution >= 4 is 21.6 Å². The number of fused-ring (bicyclic) bond motifs is 1. The summed E-state index contributed by atoms with van der Waals surface area (Å²) in [6.07, 6.45) is 0. The van der Waals surface area contributed by atoms with Crippen molar-refractivity contribution < 1.29 is 13.3 Å². The lowest BCUT2D eigenvalue weighted by Crippen LogP contribution is -2.40. The lowest BCUT2D eigenvalue weighted by Gasteiger charge is -2.11.